The second-order valence-corrected chi connectivity index (χ2v) is 4.23. The van der Waals surface area contributed by atoms with Crippen LogP contribution in [0.25, 0.3) is 0 Å². The molecule has 2 aromatic rings. The van der Waals surface area contributed by atoms with E-state index >= 15 is 0 Å². The van der Waals surface area contributed by atoms with Gasteiger partial charge in [-0.25, -0.2) is 4.98 Å². The first-order valence-electron chi connectivity index (χ1n) is 4.81. The van der Waals surface area contributed by atoms with E-state index < -0.39 is 0 Å². The summed E-state index contributed by atoms with van der Waals surface area (Å²) in [6, 6.07) is 11.2. The summed E-state index contributed by atoms with van der Waals surface area (Å²) in [5, 5.41) is 4.32. The predicted molar refractivity (Wildman–Crippen MR) is 68.7 cm³/mol. The van der Waals surface area contributed by atoms with Crippen LogP contribution in [-0.4, -0.2) is 4.98 Å². The van der Waals surface area contributed by atoms with Crippen LogP contribution >= 0.6 is 23.2 Å². The zero-order chi connectivity index (χ0) is 11.5. The molecule has 1 aromatic heterocycles. The van der Waals surface area contributed by atoms with Crippen molar-refractivity contribution in [1.29, 1.82) is 0 Å². The van der Waals surface area contributed by atoms with Crippen LogP contribution in [0.1, 0.15) is 5.56 Å². The van der Waals surface area contributed by atoms with Crippen LogP contribution in [0.3, 0.4) is 0 Å². The molecule has 1 aromatic carbocycles. The molecule has 0 fully saturated rings. The fourth-order valence-corrected chi connectivity index (χ4v) is 1.64. The van der Waals surface area contributed by atoms with E-state index in [1.165, 1.54) is 0 Å². The molecule has 0 spiro atoms. The van der Waals surface area contributed by atoms with E-state index in [0.29, 0.717) is 11.0 Å². The second-order valence-electron chi connectivity index (χ2n) is 3.43. The SMILES string of the molecule is Cc1ccc(Nc2cccc(Cl)n2)cc1Cl. The smallest absolute Gasteiger partial charge is 0.132 e. The fourth-order valence-electron chi connectivity index (χ4n) is 1.30. The van der Waals surface area contributed by atoms with Gasteiger partial charge in [-0.15, -0.1) is 0 Å². The number of nitrogens with one attached hydrogen (secondary N) is 1. The average molecular weight is 253 g/mol. The summed E-state index contributed by atoms with van der Waals surface area (Å²) in [5.41, 5.74) is 1.94. The van der Waals surface area contributed by atoms with Crippen molar-refractivity contribution in [3.8, 4) is 0 Å². The Morgan fingerprint density at radius 1 is 1.12 bits per heavy atom. The van der Waals surface area contributed by atoms with Crippen LogP contribution in [0.4, 0.5) is 11.5 Å². The number of pyridine rings is 1. The molecule has 0 radical (unpaired) electrons. The number of aromatic nitrogens is 1. The number of benzene rings is 1. The number of aryl methyl sites for hydroxylation is 1. The van der Waals surface area contributed by atoms with Crippen LogP contribution in [0.15, 0.2) is 36.4 Å². The van der Waals surface area contributed by atoms with Gasteiger partial charge in [-0.05, 0) is 36.8 Å². The van der Waals surface area contributed by atoms with Crippen molar-refractivity contribution in [3.05, 3.63) is 52.1 Å². The molecule has 0 saturated carbocycles. The first kappa shape index (κ1) is 11.2. The highest BCUT2D eigenvalue weighted by molar-refractivity contribution is 6.31. The molecule has 2 rings (SSSR count). The lowest BCUT2D eigenvalue weighted by atomic mass is 10.2. The normalized spacial score (nSPS) is 10.2. The van der Waals surface area contributed by atoms with Gasteiger partial charge in [0.1, 0.15) is 11.0 Å². The van der Waals surface area contributed by atoms with Gasteiger partial charge in [0.25, 0.3) is 0 Å². The Labute approximate surface area is 104 Å². The Hall–Kier alpha value is -1.25. The maximum atomic E-state index is 6.02. The Morgan fingerprint density at radius 2 is 1.94 bits per heavy atom. The quantitative estimate of drug-likeness (QED) is 0.800. The molecular weight excluding hydrogens is 243 g/mol. The van der Waals surface area contributed by atoms with Gasteiger partial charge in [-0.3, -0.25) is 0 Å². The topological polar surface area (TPSA) is 24.9 Å². The molecule has 16 heavy (non-hydrogen) atoms. The minimum absolute atomic E-state index is 0.461. The Bertz CT molecular complexity index is 512. The number of halogens is 2. The minimum Gasteiger partial charge on any atom is -0.340 e. The maximum Gasteiger partial charge on any atom is 0.132 e. The van der Waals surface area contributed by atoms with Crippen molar-refractivity contribution in [1.82, 2.24) is 4.98 Å². The lowest BCUT2D eigenvalue weighted by Crippen LogP contribution is -1.93. The van der Waals surface area contributed by atoms with Gasteiger partial charge in [-0.1, -0.05) is 35.3 Å². The molecular formula is C12H10Cl2N2. The van der Waals surface area contributed by atoms with Crippen LogP contribution in [-0.2, 0) is 0 Å². The van der Waals surface area contributed by atoms with Crippen LogP contribution in [0, 0.1) is 6.92 Å². The average Bonchev–Trinajstić information content (AvgIpc) is 2.24. The molecule has 0 aliphatic rings. The number of hydrogen-bond donors (Lipinski definition) is 1. The summed E-state index contributed by atoms with van der Waals surface area (Å²) in [6.07, 6.45) is 0. The highest BCUT2D eigenvalue weighted by Crippen LogP contribution is 2.22. The molecule has 4 heteroatoms. The van der Waals surface area contributed by atoms with Crippen molar-refractivity contribution in [3.63, 3.8) is 0 Å². The molecule has 0 unspecified atom stereocenters. The van der Waals surface area contributed by atoms with Gasteiger partial charge < -0.3 is 5.32 Å². The van der Waals surface area contributed by atoms with Gasteiger partial charge in [0.15, 0.2) is 0 Å². The largest absolute Gasteiger partial charge is 0.340 e. The summed E-state index contributed by atoms with van der Waals surface area (Å²) >= 11 is 11.8. The lowest BCUT2D eigenvalue weighted by molar-refractivity contribution is 1.30. The molecule has 2 nitrogen and oxygen atoms in total. The molecule has 0 amide bonds. The van der Waals surface area contributed by atoms with Crippen molar-refractivity contribution in [2.45, 2.75) is 6.92 Å². The Morgan fingerprint density at radius 3 is 2.62 bits per heavy atom. The van der Waals surface area contributed by atoms with Crippen LogP contribution in [0.2, 0.25) is 10.2 Å². The van der Waals surface area contributed by atoms with E-state index in [0.717, 1.165) is 16.3 Å². The standard InChI is InChI=1S/C12H10Cl2N2/c1-8-5-6-9(7-10(8)13)15-12-4-2-3-11(14)16-12/h2-7H,1H3,(H,15,16). The summed E-state index contributed by atoms with van der Waals surface area (Å²) < 4.78 is 0. The van der Waals surface area contributed by atoms with Crippen molar-refractivity contribution < 1.29 is 0 Å². The molecule has 1 N–H and O–H groups in total. The third kappa shape index (κ3) is 2.65. The highest BCUT2D eigenvalue weighted by Gasteiger charge is 1.99. The van der Waals surface area contributed by atoms with E-state index in [-0.39, 0.29) is 0 Å². The first-order chi connectivity index (χ1) is 7.65. The molecule has 0 bridgehead atoms. The summed E-state index contributed by atoms with van der Waals surface area (Å²) in [5.74, 6) is 0.701. The van der Waals surface area contributed by atoms with Gasteiger partial charge in [0.05, 0.1) is 0 Å². The third-order valence-corrected chi connectivity index (χ3v) is 2.78. The van der Waals surface area contributed by atoms with Crippen LogP contribution < -0.4 is 5.32 Å². The van der Waals surface area contributed by atoms with Gasteiger partial charge in [0, 0.05) is 10.7 Å². The molecule has 0 aliphatic carbocycles. The Kier molecular flexibility index (Phi) is 3.32. The van der Waals surface area contributed by atoms with Crippen molar-refractivity contribution >= 4 is 34.7 Å². The predicted octanol–water partition coefficient (Wildman–Crippen LogP) is 4.44. The molecule has 0 atom stereocenters. The van der Waals surface area contributed by atoms with E-state index in [4.69, 9.17) is 23.2 Å². The zero-order valence-corrected chi connectivity index (χ0v) is 10.2. The Balaban J connectivity index is 2.24. The van der Waals surface area contributed by atoms with Gasteiger partial charge in [0.2, 0.25) is 0 Å². The van der Waals surface area contributed by atoms with Crippen LogP contribution in [0.5, 0.6) is 0 Å². The van der Waals surface area contributed by atoms with Crippen molar-refractivity contribution in [2.24, 2.45) is 0 Å². The number of nitrogens with zero attached hydrogens (tertiary/aromatic N) is 1. The number of hydrogen-bond acceptors (Lipinski definition) is 2. The maximum absolute atomic E-state index is 6.02. The minimum atomic E-state index is 0.461. The van der Waals surface area contributed by atoms with Gasteiger partial charge >= 0.3 is 0 Å². The molecule has 1 heterocycles. The number of anilines is 2. The van der Waals surface area contributed by atoms with E-state index in [9.17, 15) is 0 Å². The molecule has 0 saturated heterocycles. The first-order valence-corrected chi connectivity index (χ1v) is 5.56. The summed E-state index contributed by atoms with van der Waals surface area (Å²) in [7, 11) is 0. The second kappa shape index (κ2) is 4.73. The number of rotatable bonds is 2. The zero-order valence-electron chi connectivity index (χ0n) is 8.67. The lowest BCUT2D eigenvalue weighted by Gasteiger charge is -2.07. The molecule has 82 valence electrons. The van der Waals surface area contributed by atoms with E-state index in [1.54, 1.807) is 6.07 Å². The van der Waals surface area contributed by atoms with Gasteiger partial charge in [-0.2, -0.15) is 0 Å². The van der Waals surface area contributed by atoms with Crippen molar-refractivity contribution in [2.75, 3.05) is 5.32 Å². The molecule has 0 aliphatic heterocycles. The van der Waals surface area contributed by atoms with E-state index in [2.05, 4.69) is 10.3 Å². The summed E-state index contributed by atoms with van der Waals surface area (Å²) in [6.45, 7) is 1.96. The summed E-state index contributed by atoms with van der Waals surface area (Å²) in [4.78, 5) is 4.13. The monoisotopic (exact) mass is 252 g/mol. The highest BCUT2D eigenvalue weighted by atomic mass is 35.5. The fraction of sp³-hybridized carbons (Fsp3) is 0.0833. The third-order valence-electron chi connectivity index (χ3n) is 2.16. The van der Waals surface area contributed by atoms with E-state index in [1.807, 2.05) is 37.3 Å².